The van der Waals surface area contributed by atoms with Gasteiger partial charge in [0.2, 0.25) is 0 Å². The van der Waals surface area contributed by atoms with E-state index >= 15 is 0 Å². The first-order chi connectivity index (χ1) is 11.2. The lowest BCUT2D eigenvalue weighted by Gasteiger charge is -2.08. The van der Waals surface area contributed by atoms with Gasteiger partial charge in [0.15, 0.2) is 0 Å². The molecule has 0 aromatic heterocycles. The van der Waals surface area contributed by atoms with Crippen LogP contribution in [0, 0.1) is 5.82 Å². The van der Waals surface area contributed by atoms with Gasteiger partial charge in [-0.3, -0.25) is 0 Å². The molecule has 0 spiro atoms. The van der Waals surface area contributed by atoms with E-state index in [9.17, 15) is 9.18 Å². The summed E-state index contributed by atoms with van der Waals surface area (Å²) in [6.07, 6.45) is 1.61. The lowest BCUT2D eigenvalue weighted by Crippen LogP contribution is -2.30. The topological polar surface area (TPSA) is 50.4 Å². The van der Waals surface area contributed by atoms with Gasteiger partial charge in [-0.15, -0.1) is 0 Å². The second-order valence-corrected chi connectivity index (χ2v) is 5.09. The average molecular weight is 316 g/mol. The van der Waals surface area contributed by atoms with E-state index in [1.54, 1.807) is 12.1 Å². The van der Waals surface area contributed by atoms with Gasteiger partial charge in [-0.2, -0.15) is 0 Å². The predicted octanol–water partition coefficient (Wildman–Crippen LogP) is 3.60. The van der Waals surface area contributed by atoms with Gasteiger partial charge in [0.1, 0.15) is 5.82 Å². The molecule has 0 saturated carbocycles. The number of hydrogen-bond acceptors (Lipinski definition) is 2. The first-order valence-electron chi connectivity index (χ1n) is 7.66. The van der Waals surface area contributed by atoms with Crippen molar-refractivity contribution in [1.29, 1.82) is 0 Å². The monoisotopic (exact) mass is 316 g/mol. The first kappa shape index (κ1) is 17.0. The molecule has 2 aromatic rings. The Morgan fingerprint density at radius 3 is 2.65 bits per heavy atom. The molecule has 0 aliphatic heterocycles. The third-order valence-electron chi connectivity index (χ3n) is 3.21. The minimum Gasteiger partial charge on any atom is -0.381 e. The van der Waals surface area contributed by atoms with Crippen LogP contribution in [0.1, 0.15) is 12.0 Å². The highest BCUT2D eigenvalue weighted by atomic mass is 19.1. The van der Waals surface area contributed by atoms with E-state index in [2.05, 4.69) is 22.8 Å². The van der Waals surface area contributed by atoms with Crippen LogP contribution in [-0.2, 0) is 11.2 Å². The van der Waals surface area contributed by atoms with Crippen molar-refractivity contribution in [3.63, 3.8) is 0 Å². The van der Waals surface area contributed by atoms with Crippen molar-refractivity contribution < 1.29 is 13.9 Å². The highest BCUT2D eigenvalue weighted by Gasteiger charge is 2.01. The summed E-state index contributed by atoms with van der Waals surface area (Å²) in [5, 5.41) is 5.28. The number of rotatable bonds is 8. The zero-order chi connectivity index (χ0) is 16.3. The number of halogens is 1. The second-order valence-electron chi connectivity index (χ2n) is 5.09. The number of anilines is 1. The molecule has 0 unspecified atom stereocenters. The molecule has 0 radical (unpaired) electrons. The molecule has 122 valence electrons. The molecule has 0 aliphatic carbocycles. The Bertz CT molecular complexity index is 605. The van der Waals surface area contributed by atoms with Gasteiger partial charge in [0, 0.05) is 18.8 Å². The van der Waals surface area contributed by atoms with E-state index in [1.807, 2.05) is 18.2 Å². The largest absolute Gasteiger partial charge is 0.381 e. The fourth-order valence-corrected chi connectivity index (χ4v) is 2.05. The number of carbonyl (C=O) groups is 1. The molecule has 23 heavy (non-hydrogen) atoms. The minimum atomic E-state index is -0.380. The molecule has 0 atom stereocenters. The fourth-order valence-electron chi connectivity index (χ4n) is 2.05. The van der Waals surface area contributed by atoms with Gasteiger partial charge >= 0.3 is 6.03 Å². The molecule has 0 heterocycles. The molecule has 2 aromatic carbocycles. The van der Waals surface area contributed by atoms with Crippen LogP contribution in [0.15, 0.2) is 54.6 Å². The molecule has 0 bridgehead atoms. The van der Waals surface area contributed by atoms with Crippen molar-refractivity contribution >= 4 is 11.7 Å². The van der Waals surface area contributed by atoms with E-state index in [1.165, 1.54) is 17.7 Å². The third kappa shape index (κ3) is 6.93. The smallest absolute Gasteiger partial charge is 0.319 e. The van der Waals surface area contributed by atoms with Crippen LogP contribution < -0.4 is 10.6 Å². The quantitative estimate of drug-likeness (QED) is 0.731. The van der Waals surface area contributed by atoms with Crippen LogP contribution in [0.25, 0.3) is 0 Å². The molecular formula is C18H21FN2O2. The standard InChI is InChI=1S/C18H21FN2O2/c19-16-8-4-9-17(14-16)21-18(22)20-11-5-12-23-13-10-15-6-2-1-3-7-15/h1-4,6-9,14H,5,10-13H2,(H2,20,21,22). The van der Waals surface area contributed by atoms with E-state index in [0.29, 0.717) is 25.4 Å². The maximum Gasteiger partial charge on any atom is 0.319 e. The number of benzene rings is 2. The van der Waals surface area contributed by atoms with E-state index in [-0.39, 0.29) is 11.8 Å². The van der Waals surface area contributed by atoms with Crippen LogP contribution in [-0.4, -0.2) is 25.8 Å². The Kier molecular flexibility index (Phi) is 7.07. The number of ether oxygens (including phenoxy) is 1. The number of amides is 2. The van der Waals surface area contributed by atoms with Gasteiger partial charge in [0.25, 0.3) is 0 Å². The molecule has 5 heteroatoms. The van der Waals surface area contributed by atoms with E-state index in [4.69, 9.17) is 4.74 Å². The van der Waals surface area contributed by atoms with Crippen molar-refractivity contribution in [1.82, 2.24) is 5.32 Å². The summed E-state index contributed by atoms with van der Waals surface area (Å²) in [4.78, 5) is 11.6. The SMILES string of the molecule is O=C(NCCCOCCc1ccccc1)Nc1cccc(F)c1. The van der Waals surface area contributed by atoms with Gasteiger partial charge in [0.05, 0.1) is 6.61 Å². The third-order valence-corrected chi connectivity index (χ3v) is 3.21. The van der Waals surface area contributed by atoms with Crippen molar-refractivity contribution in [2.24, 2.45) is 0 Å². The molecule has 2 N–H and O–H groups in total. The molecular weight excluding hydrogens is 295 g/mol. The highest BCUT2D eigenvalue weighted by molar-refractivity contribution is 5.89. The number of urea groups is 1. The van der Waals surface area contributed by atoms with Gasteiger partial charge in [-0.05, 0) is 36.6 Å². The summed E-state index contributed by atoms with van der Waals surface area (Å²) in [5.74, 6) is -0.380. The number of nitrogens with one attached hydrogen (secondary N) is 2. The normalized spacial score (nSPS) is 10.3. The van der Waals surface area contributed by atoms with Crippen LogP contribution in [0.5, 0.6) is 0 Å². The van der Waals surface area contributed by atoms with Crippen LogP contribution in [0.4, 0.5) is 14.9 Å². The molecule has 2 amide bonds. The van der Waals surface area contributed by atoms with Gasteiger partial charge < -0.3 is 15.4 Å². The summed E-state index contributed by atoms with van der Waals surface area (Å²) < 4.78 is 18.5. The maximum absolute atomic E-state index is 13.0. The summed E-state index contributed by atoms with van der Waals surface area (Å²) in [6.45, 7) is 1.76. The molecule has 0 aliphatic rings. The summed E-state index contributed by atoms with van der Waals surface area (Å²) in [5.41, 5.74) is 1.68. The maximum atomic E-state index is 13.0. The molecule has 0 fully saturated rings. The molecule has 2 rings (SSSR count). The van der Waals surface area contributed by atoms with Crippen molar-refractivity contribution in [2.75, 3.05) is 25.1 Å². The second kappa shape index (κ2) is 9.58. The minimum absolute atomic E-state index is 0.347. The van der Waals surface area contributed by atoms with Gasteiger partial charge in [-0.25, -0.2) is 9.18 Å². The Hall–Kier alpha value is -2.40. The van der Waals surface area contributed by atoms with E-state index < -0.39 is 0 Å². The van der Waals surface area contributed by atoms with Crippen molar-refractivity contribution in [2.45, 2.75) is 12.8 Å². The lowest BCUT2D eigenvalue weighted by atomic mass is 10.2. The summed E-state index contributed by atoms with van der Waals surface area (Å²) in [7, 11) is 0. The van der Waals surface area contributed by atoms with Crippen molar-refractivity contribution in [3.8, 4) is 0 Å². The van der Waals surface area contributed by atoms with Gasteiger partial charge in [-0.1, -0.05) is 36.4 Å². The van der Waals surface area contributed by atoms with Crippen LogP contribution in [0.2, 0.25) is 0 Å². The molecule has 4 nitrogen and oxygen atoms in total. The Morgan fingerprint density at radius 2 is 1.87 bits per heavy atom. The first-order valence-corrected chi connectivity index (χ1v) is 7.66. The Labute approximate surface area is 135 Å². The number of carbonyl (C=O) groups excluding carboxylic acids is 1. The fraction of sp³-hybridized carbons (Fsp3) is 0.278. The van der Waals surface area contributed by atoms with Crippen LogP contribution >= 0.6 is 0 Å². The highest BCUT2D eigenvalue weighted by Crippen LogP contribution is 2.08. The predicted molar refractivity (Wildman–Crippen MR) is 89.0 cm³/mol. The summed E-state index contributed by atoms with van der Waals surface area (Å²) in [6, 6.07) is 15.6. The number of hydrogen-bond donors (Lipinski definition) is 2. The zero-order valence-electron chi connectivity index (χ0n) is 12.9. The Balaban J connectivity index is 1.51. The van der Waals surface area contributed by atoms with Crippen molar-refractivity contribution in [3.05, 3.63) is 66.0 Å². The zero-order valence-corrected chi connectivity index (χ0v) is 12.9. The molecule has 0 saturated heterocycles. The lowest BCUT2D eigenvalue weighted by molar-refractivity contribution is 0.135. The van der Waals surface area contributed by atoms with Crippen LogP contribution in [0.3, 0.4) is 0 Å². The average Bonchev–Trinajstić information content (AvgIpc) is 2.55. The van der Waals surface area contributed by atoms with E-state index in [0.717, 1.165) is 12.8 Å². The Morgan fingerprint density at radius 1 is 1.04 bits per heavy atom. The summed E-state index contributed by atoms with van der Waals surface area (Å²) >= 11 is 0.